The van der Waals surface area contributed by atoms with E-state index in [0.29, 0.717) is 0 Å². The van der Waals surface area contributed by atoms with Gasteiger partial charge in [-0.1, -0.05) is 0 Å². The van der Waals surface area contributed by atoms with Gasteiger partial charge in [-0.3, -0.25) is 0 Å². The highest BCUT2D eigenvalue weighted by Gasteiger charge is 2.41. The molecule has 5 nitrogen and oxygen atoms in total. The number of nitrogens with zero attached hydrogens (tertiary/aromatic N) is 1. The average Bonchev–Trinajstić information content (AvgIpc) is 2.58. The lowest BCUT2D eigenvalue weighted by atomic mass is 9.82. The van der Waals surface area contributed by atoms with Gasteiger partial charge in [0.15, 0.2) is 23.3 Å². The SMILES string of the molecule is COC(=O)C1=C(C)OC(N)=C(C#N)[C@@H]1c1c(F)c(F)c(F)c(F)c1F. The minimum atomic E-state index is -2.37. The normalized spacial score (nSPS) is 17.3. The summed E-state index contributed by atoms with van der Waals surface area (Å²) in [6.45, 7) is 1.16. The van der Waals surface area contributed by atoms with Crippen molar-refractivity contribution in [1.29, 1.82) is 5.26 Å². The van der Waals surface area contributed by atoms with Crippen molar-refractivity contribution in [3.63, 3.8) is 0 Å². The molecule has 0 aromatic heterocycles. The molecule has 25 heavy (non-hydrogen) atoms. The van der Waals surface area contributed by atoms with Gasteiger partial charge >= 0.3 is 5.97 Å². The first-order valence-electron chi connectivity index (χ1n) is 6.55. The van der Waals surface area contributed by atoms with E-state index in [2.05, 4.69) is 4.74 Å². The van der Waals surface area contributed by atoms with E-state index >= 15 is 0 Å². The fourth-order valence-electron chi connectivity index (χ4n) is 2.42. The smallest absolute Gasteiger partial charge is 0.338 e. The zero-order valence-corrected chi connectivity index (χ0v) is 12.7. The van der Waals surface area contributed by atoms with Gasteiger partial charge < -0.3 is 15.2 Å². The summed E-state index contributed by atoms with van der Waals surface area (Å²) < 4.78 is 78.1. The van der Waals surface area contributed by atoms with Crippen molar-refractivity contribution >= 4 is 5.97 Å². The van der Waals surface area contributed by atoms with Gasteiger partial charge in [0.2, 0.25) is 11.7 Å². The molecule has 2 N–H and O–H groups in total. The van der Waals surface area contributed by atoms with E-state index in [1.165, 1.54) is 6.07 Å². The third-order valence-corrected chi connectivity index (χ3v) is 3.54. The molecule has 1 heterocycles. The van der Waals surface area contributed by atoms with Gasteiger partial charge in [-0.05, 0) is 6.92 Å². The van der Waals surface area contributed by atoms with Crippen LogP contribution in [0.2, 0.25) is 0 Å². The molecule has 1 aromatic rings. The standard InChI is InChI=1S/C15H9F5N2O3/c1-4-6(15(23)24-2)7(5(3-21)14(22)25-4)8-9(16)11(18)13(20)12(19)10(8)17/h7H,22H2,1-2H3/t7-/m0/s1. The summed E-state index contributed by atoms with van der Waals surface area (Å²) in [7, 11) is 0.923. The number of hydrogen-bond donors (Lipinski definition) is 1. The Balaban J connectivity index is 2.92. The number of nitriles is 1. The molecule has 1 aromatic carbocycles. The van der Waals surface area contributed by atoms with Crippen LogP contribution in [0, 0.1) is 40.4 Å². The monoisotopic (exact) mass is 360 g/mol. The van der Waals surface area contributed by atoms with Crippen molar-refractivity contribution in [3.8, 4) is 6.07 Å². The van der Waals surface area contributed by atoms with E-state index in [4.69, 9.17) is 10.5 Å². The first-order chi connectivity index (χ1) is 11.7. The van der Waals surface area contributed by atoms with E-state index in [1.807, 2.05) is 0 Å². The quantitative estimate of drug-likeness (QED) is 0.379. The van der Waals surface area contributed by atoms with Gasteiger partial charge in [-0.2, -0.15) is 5.26 Å². The number of esters is 1. The molecule has 0 spiro atoms. The molecule has 0 unspecified atom stereocenters. The zero-order chi connectivity index (χ0) is 19.0. The molecule has 0 bridgehead atoms. The molecule has 0 aliphatic carbocycles. The van der Waals surface area contributed by atoms with Crippen LogP contribution >= 0.6 is 0 Å². The van der Waals surface area contributed by atoms with Crippen molar-refractivity contribution in [2.75, 3.05) is 7.11 Å². The van der Waals surface area contributed by atoms with Crippen molar-refractivity contribution in [3.05, 3.63) is 57.4 Å². The lowest BCUT2D eigenvalue weighted by molar-refractivity contribution is -0.136. The minimum Gasteiger partial charge on any atom is -0.466 e. The first kappa shape index (κ1) is 18.3. The van der Waals surface area contributed by atoms with Gasteiger partial charge in [0.1, 0.15) is 17.4 Å². The van der Waals surface area contributed by atoms with Crippen LogP contribution in [0.15, 0.2) is 22.8 Å². The molecule has 0 saturated carbocycles. The highest BCUT2D eigenvalue weighted by Crippen LogP contribution is 2.42. The van der Waals surface area contributed by atoms with Crippen molar-refractivity contribution in [1.82, 2.24) is 0 Å². The highest BCUT2D eigenvalue weighted by molar-refractivity contribution is 5.92. The van der Waals surface area contributed by atoms with Gasteiger partial charge in [-0.25, -0.2) is 26.7 Å². The van der Waals surface area contributed by atoms with E-state index in [-0.39, 0.29) is 5.76 Å². The number of carbonyl (C=O) groups excluding carboxylic acids is 1. The maximum atomic E-state index is 14.2. The predicted molar refractivity (Wildman–Crippen MR) is 71.6 cm³/mol. The van der Waals surface area contributed by atoms with Crippen LogP contribution in [-0.4, -0.2) is 13.1 Å². The second-order valence-electron chi connectivity index (χ2n) is 4.87. The molecule has 1 aliphatic rings. The maximum Gasteiger partial charge on any atom is 0.338 e. The molecule has 0 amide bonds. The van der Waals surface area contributed by atoms with Crippen LogP contribution in [0.5, 0.6) is 0 Å². The van der Waals surface area contributed by atoms with Gasteiger partial charge in [0.05, 0.1) is 18.6 Å². The van der Waals surface area contributed by atoms with E-state index in [0.717, 1.165) is 14.0 Å². The molecule has 0 saturated heterocycles. The second-order valence-corrected chi connectivity index (χ2v) is 4.87. The Morgan fingerprint density at radius 3 is 2.04 bits per heavy atom. The van der Waals surface area contributed by atoms with Crippen LogP contribution in [-0.2, 0) is 14.3 Å². The molecule has 2 rings (SSSR count). The minimum absolute atomic E-state index is 0.308. The van der Waals surface area contributed by atoms with Crippen LogP contribution in [0.25, 0.3) is 0 Å². The molecule has 1 aliphatic heterocycles. The van der Waals surface area contributed by atoms with Crippen LogP contribution in [0.1, 0.15) is 18.4 Å². The number of hydrogen-bond acceptors (Lipinski definition) is 5. The fraction of sp³-hybridized carbons (Fsp3) is 0.200. The Bertz CT molecular complexity index is 857. The van der Waals surface area contributed by atoms with E-state index in [1.54, 1.807) is 0 Å². The number of allylic oxidation sites excluding steroid dienone is 2. The maximum absolute atomic E-state index is 14.2. The molecular weight excluding hydrogens is 351 g/mol. The summed E-state index contributed by atoms with van der Waals surface area (Å²) in [6.07, 6.45) is 0. The highest BCUT2D eigenvalue weighted by atomic mass is 19.2. The van der Waals surface area contributed by atoms with Gasteiger partial charge in [0, 0.05) is 5.56 Å². The number of rotatable bonds is 2. The zero-order valence-electron chi connectivity index (χ0n) is 12.7. The van der Waals surface area contributed by atoms with Gasteiger partial charge in [0.25, 0.3) is 0 Å². The van der Waals surface area contributed by atoms with Crippen molar-refractivity contribution in [2.45, 2.75) is 12.8 Å². The predicted octanol–water partition coefficient (Wildman–Crippen LogP) is 2.64. The number of ether oxygens (including phenoxy) is 2. The molecule has 10 heteroatoms. The van der Waals surface area contributed by atoms with Crippen LogP contribution < -0.4 is 5.73 Å². The van der Waals surface area contributed by atoms with Crippen LogP contribution in [0.4, 0.5) is 22.0 Å². The summed E-state index contributed by atoms with van der Waals surface area (Å²) >= 11 is 0. The summed E-state index contributed by atoms with van der Waals surface area (Å²) in [6, 6.07) is 1.46. The Morgan fingerprint density at radius 2 is 1.60 bits per heavy atom. The number of nitrogens with two attached hydrogens (primary N) is 1. The van der Waals surface area contributed by atoms with E-state index < -0.39 is 63.6 Å². The summed E-state index contributed by atoms with van der Waals surface area (Å²) in [5, 5.41) is 9.18. The van der Waals surface area contributed by atoms with E-state index in [9.17, 15) is 32.0 Å². The molecular formula is C15H9F5N2O3. The number of carbonyl (C=O) groups is 1. The van der Waals surface area contributed by atoms with Crippen molar-refractivity contribution in [2.24, 2.45) is 5.73 Å². The van der Waals surface area contributed by atoms with Crippen LogP contribution in [0.3, 0.4) is 0 Å². The lowest BCUT2D eigenvalue weighted by Gasteiger charge is -2.27. The van der Waals surface area contributed by atoms with Crippen molar-refractivity contribution < 1.29 is 36.2 Å². The second kappa shape index (κ2) is 6.43. The van der Waals surface area contributed by atoms with Gasteiger partial charge in [-0.15, -0.1) is 0 Å². The molecule has 132 valence electrons. The summed E-state index contributed by atoms with van der Waals surface area (Å²) in [5.41, 5.74) is 2.74. The third-order valence-electron chi connectivity index (χ3n) is 3.54. The lowest BCUT2D eigenvalue weighted by Crippen LogP contribution is -2.27. The Hall–Kier alpha value is -3.09. The number of halogens is 5. The molecule has 0 fully saturated rings. The molecule has 0 radical (unpaired) electrons. The topological polar surface area (TPSA) is 85.3 Å². The fourth-order valence-corrected chi connectivity index (χ4v) is 2.42. The first-order valence-corrected chi connectivity index (χ1v) is 6.55. The third kappa shape index (κ3) is 2.67. The number of benzene rings is 1. The number of methoxy groups -OCH3 is 1. The largest absolute Gasteiger partial charge is 0.466 e. The summed E-state index contributed by atoms with van der Waals surface area (Å²) in [4.78, 5) is 11.9. The Morgan fingerprint density at radius 1 is 1.12 bits per heavy atom. The molecule has 1 atom stereocenters. The Kier molecular flexibility index (Phi) is 4.69. The average molecular weight is 360 g/mol. The summed E-state index contributed by atoms with van der Waals surface area (Å²) in [5.74, 6) is -15.3. The Labute approximate surface area is 137 Å².